The summed E-state index contributed by atoms with van der Waals surface area (Å²) >= 11 is 3.53. The molecule has 0 amide bonds. The molecule has 0 bridgehead atoms. The normalized spacial score (nSPS) is 11.4. The summed E-state index contributed by atoms with van der Waals surface area (Å²) in [5, 5.41) is 3.51. The van der Waals surface area contributed by atoms with Crippen LogP contribution in [0.15, 0.2) is 16.7 Å². The molecule has 0 fully saturated rings. The highest BCUT2D eigenvalue weighted by molar-refractivity contribution is 9.10. The number of anilines is 1. The Labute approximate surface area is 132 Å². The summed E-state index contributed by atoms with van der Waals surface area (Å²) in [6, 6.07) is 2.72. The van der Waals surface area contributed by atoms with E-state index in [-0.39, 0.29) is 0 Å². The van der Waals surface area contributed by atoms with E-state index in [1.54, 1.807) is 0 Å². The fraction of sp³-hybridized carbons (Fsp3) is 0.688. The summed E-state index contributed by atoms with van der Waals surface area (Å²) in [5.74, 6) is 1.76. The van der Waals surface area contributed by atoms with E-state index in [0.29, 0.717) is 12.0 Å². The molecule has 1 N–H and O–H groups in total. The second-order valence-electron chi connectivity index (χ2n) is 5.74. The molecule has 0 aliphatic rings. The van der Waals surface area contributed by atoms with Gasteiger partial charge in [0.15, 0.2) is 0 Å². The molecular formula is C16H28BrN3. The number of pyridine rings is 1. The summed E-state index contributed by atoms with van der Waals surface area (Å²) in [6.07, 6.45) is 4.17. The lowest BCUT2D eigenvalue weighted by molar-refractivity contribution is 0.547. The number of nitrogens with zero attached hydrogens (tertiary/aromatic N) is 2. The van der Waals surface area contributed by atoms with Gasteiger partial charge >= 0.3 is 0 Å². The van der Waals surface area contributed by atoms with Crippen molar-refractivity contribution >= 4 is 21.7 Å². The predicted octanol–water partition coefficient (Wildman–Crippen LogP) is 4.21. The van der Waals surface area contributed by atoms with Crippen LogP contribution in [-0.2, 0) is 6.54 Å². The van der Waals surface area contributed by atoms with Crippen LogP contribution in [0.5, 0.6) is 0 Å². The van der Waals surface area contributed by atoms with Gasteiger partial charge in [0, 0.05) is 35.9 Å². The molecule has 0 atom stereocenters. The van der Waals surface area contributed by atoms with Gasteiger partial charge < -0.3 is 10.2 Å². The van der Waals surface area contributed by atoms with Gasteiger partial charge in [0.1, 0.15) is 5.82 Å². The van der Waals surface area contributed by atoms with Gasteiger partial charge in [0.2, 0.25) is 0 Å². The highest BCUT2D eigenvalue weighted by Crippen LogP contribution is 2.24. The highest BCUT2D eigenvalue weighted by Gasteiger charge is 2.16. The number of halogens is 1. The summed E-state index contributed by atoms with van der Waals surface area (Å²) in [6.45, 7) is 10.8. The molecule has 114 valence electrons. The number of aromatic nitrogens is 1. The lowest BCUT2D eigenvalue weighted by Gasteiger charge is -2.29. The summed E-state index contributed by atoms with van der Waals surface area (Å²) in [7, 11) is 2.15. The Morgan fingerprint density at radius 2 is 1.95 bits per heavy atom. The van der Waals surface area contributed by atoms with E-state index in [0.717, 1.165) is 36.2 Å². The fourth-order valence-corrected chi connectivity index (χ4v) is 2.81. The van der Waals surface area contributed by atoms with E-state index in [1.807, 2.05) is 6.20 Å². The lowest BCUT2D eigenvalue weighted by atomic mass is 10.1. The van der Waals surface area contributed by atoms with Gasteiger partial charge in [0.25, 0.3) is 0 Å². The van der Waals surface area contributed by atoms with Gasteiger partial charge in [-0.1, -0.05) is 27.7 Å². The molecule has 1 heterocycles. The van der Waals surface area contributed by atoms with Gasteiger partial charge in [0.05, 0.1) is 0 Å². The van der Waals surface area contributed by atoms with Crippen LogP contribution in [0.1, 0.15) is 46.1 Å². The van der Waals surface area contributed by atoms with E-state index in [9.17, 15) is 0 Å². The van der Waals surface area contributed by atoms with Crippen molar-refractivity contribution < 1.29 is 0 Å². The standard InChI is InChI=1S/C16H28BrN3/c1-6-15(7-2)20(5)16-13(8-14(17)11-19-16)10-18-9-12(3)4/h8,11-12,15,18H,6-7,9-10H2,1-5H3. The van der Waals surface area contributed by atoms with Crippen LogP contribution in [0, 0.1) is 5.92 Å². The Morgan fingerprint density at radius 1 is 1.30 bits per heavy atom. The van der Waals surface area contributed by atoms with Crippen LogP contribution < -0.4 is 10.2 Å². The van der Waals surface area contributed by atoms with Crippen molar-refractivity contribution in [2.75, 3.05) is 18.5 Å². The van der Waals surface area contributed by atoms with E-state index in [1.165, 1.54) is 5.56 Å². The van der Waals surface area contributed by atoms with Crippen LogP contribution in [0.25, 0.3) is 0 Å². The third kappa shape index (κ3) is 5.06. The minimum atomic E-state index is 0.549. The number of hydrogen-bond acceptors (Lipinski definition) is 3. The molecule has 0 unspecified atom stereocenters. The maximum atomic E-state index is 4.63. The van der Waals surface area contributed by atoms with Crippen LogP contribution in [0.4, 0.5) is 5.82 Å². The molecule has 0 saturated heterocycles. The average Bonchev–Trinajstić information content (AvgIpc) is 2.39. The van der Waals surface area contributed by atoms with Gasteiger partial charge in [-0.15, -0.1) is 0 Å². The van der Waals surface area contributed by atoms with Crippen LogP contribution in [-0.4, -0.2) is 24.6 Å². The molecule has 0 spiro atoms. The van der Waals surface area contributed by atoms with Crippen LogP contribution in [0.3, 0.4) is 0 Å². The SMILES string of the molecule is CCC(CC)N(C)c1ncc(Br)cc1CNCC(C)C. The molecule has 4 heteroatoms. The molecule has 0 aromatic carbocycles. The second kappa shape index (κ2) is 8.63. The summed E-state index contributed by atoms with van der Waals surface area (Å²) in [4.78, 5) is 6.95. The molecule has 1 rings (SSSR count). The Morgan fingerprint density at radius 3 is 2.50 bits per heavy atom. The molecule has 0 aliphatic heterocycles. The monoisotopic (exact) mass is 341 g/mol. The van der Waals surface area contributed by atoms with E-state index in [2.05, 4.69) is 71.9 Å². The van der Waals surface area contributed by atoms with E-state index < -0.39 is 0 Å². The number of hydrogen-bond donors (Lipinski definition) is 1. The molecule has 1 aromatic rings. The first kappa shape index (κ1) is 17.4. The molecule has 0 aliphatic carbocycles. The summed E-state index contributed by atoms with van der Waals surface area (Å²) in [5.41, 5.74) is 1.26. The average molecular weight is 342 g/mol. The molecule has 20 heavy (non-hydrogen) atoms. The van der Waals surface area contributed by atoms with Crippen molar-refractivity contribution in [1.82, 2.24) is 10.3 Å². The third-order valence-corrected chi connectivity index (χ3v) is 4.04. The van der Waals surface area contributed by atoms with Crippen LogP contribution >= 0.6 is 15.9 Å². The van der Waals surface area contributed by atoms with Gasteiger partial charge in [-0.2, -0.15) is 0 Å². The molecule has 1 aromatic heterocycles. The zero-order valence-electron chi connectivity index (χ0n) is 13.4. The lowest BCUT2D eigenvalue weighted by Crippen LogP contribution is -2.32. The van der Waals surface area contributed by atoms with Crippen molar-refractivity contribution in [3.05, 3.63) is 22.3 Å². The van der Waals surface area contributed by atoms with E-state index in [4.69, 9.17) is 0 Å². The van der Waals surface area contributed by atoms with Gasteiger partial charge in [-0.05, 0) is 47.3 Å². The van der Waals surface area contributed by atoms with Gasteiger partial charge in [-0.25, -0.2) is 4.98 Å². The zero-order chi connectivity index (χ0) is 15.1. The quantitative estimate of drug-likeness (QED) is 0.767. The van der Waals surface area contributed by atoms with Crippen molar-refractivity contribution in [1.29, 1.82) is 0 Å². The topological polar surface area (TPSA) is 28.2 Å². The Hall–Kier alpha value is -0.610. The van der Waals surface area contributed by atoms with Crippen molar-refractivity contribution in [3.63, 3.8) is 0 Å². The summed E-state index contributed by atoms with van der Waals surface area (Å²) < 4.78 is 1.04. The first-order valence-electron chi connectivity index (χ1n) is 7.57. The zero-order valence-corrected chi connectivity index (χ0v) is 15.0. The second-order valence-corrected chi connectivity index (χ2v) is 6.66. The highest BCUT2D eigenvalue weighted by atomic mass is 79.9. The Kier molecular flexibility index (Phi) is 7.52. The van der Waals surface area contributed by atoms with Crippen molar-refractivity contribution in [2.24, 2.45) is 5.92 Å². The van der Waals surface area contributed by atoms with Crippen molar-refractivity contribution in [2.45, 2.75) is 53.1 Å². The van der Waals surface area contributed by atoms with Crippen LogP contribution in [0.2, 0.25) is 0 Å². The third-order valence-electron chi connectivity index (χ3n) is 3.60. The van der Waals surface area contributed by atoms with E-state index >= 15 is 0 Å². The largest absolute Gasteiger partial charge is 0.356 e. The predicted molar refractivity (Wildman–Crippen MR) is 91.3 cm³/mol. The number of nitrogens with one attached hydrogen (secondary N) is 1. The fourth-order valence-electron chi connectivity index (χ4n) is 2.43. The maximum Gasteiger partial charge on any atom is 0.133 e. The minimum absolute atomic E-state index is 0.549. The first-order valence-corrected chi connectivity index (χ1v) is 8.36. The molecular weight excluding hydrogens is 314 g/mol. The molecule has 3 nitrogen and oxygen atoms in total. The molecule has 0 saturated carbocycles. The first-order chi connectivity index (χ1) is 9.49. The van der Waals surface area contributed by atoms with Gasteiger partial charge in [-0.3, -0.25) is 0 Å². The number of rotatable bonds is 8. The smallest absolute Gasteiger partial charge is 0.133 e. The Bertz CT molecular complexity index is 403. The minimum Gasteiger partial charge on any atom is -0.356 e. The van der Waals surface area contributed by atoms with Crippen molar-refractivity contribution in [3.8, 4) is 0 Å². The maximum absolute atomic E-state index is 4.63. The Balaban J connectivity index is 2.88. The molecule has 0 radical (unpaired) electrons.